The number of nitrogens with two attached hydrogens (primary N) is 1. The summed E-state index contributed by atoms with van der Waals surface area (Å²) in [5, 5.41) is 9.97. The van der Waals surface area contributed by atoms with E-state index in [1.54, 1.807) is 18.2 Å². The third-order valence-electron chi connectivity index (χ3n) is 2.31. The number of carbonyl (C=O) groups excluding carboxylic acids is 1. The Hall–Kier alpha value is -2.50. The molecular formula is C12H11N5O2S. The van der Waals surface area contributed by atoms with Gasteiger partial charge in [0.25, 0.3) is 5.91 Å². The lowest BCUT2D eigenvalue weighted by atomic mass is 10.1. The zero-order valence-corrected chi connectivity index (χ0v) is 11.4. The molecule has 1 aromatic heterocycles. The highest BCUT2D eigenvalue weighted by atomic mass is 32.1. The van der Waals surface area contributed by atoms with E-state index in [-0.39, 0.29) is 12.5 Å². The fraction of sp³-hybridized carbons (Fsp3) is 0.167. The van der Waals surface area contributed by atoms with Gasteiger partial charge in [-0.3, -0.25) is 10.1 Å². The summed E-state index contributed by atoms with van der Waals surface area (Å²) in [4.78, 5) is 12.0. The third kappa shape index (κ3) is 3.28. The molecule has 1 amide bonds. The second-order valence-electron chi connectivity index (χ2n) is 3.54. The Morgan fingerprint density at radius 1 is 1.55 bits per heavy atom. The molecule has 0 bridgehead atoms. The lowest BCUT2D eigenvalue weighted by Gasteiger charge is -2.06. The number of rotatable bonds is 3. The number of hydrogen-bond donors (Lipinski definition) is 2. The molecule has 0 saturated heterocycles. The second-order valence-corrected chi connectivity index (χ2v) is 4.28. The minimum absolute atomic E-state index is 0.232. The largest absolute Gasteiger partial charge is 0.495 e. The molecule has 1 heterocycles. The number of ether oxygens (including phenoxy) is 1. The van der Waals surface area contributed by atoms with E-state index in [1.807, 2.05) is 0 Å². The number of methoxy groups -OCH3 is 1. The van der Waals surface area contributed by atoms with Crippen LogP contribution in [0.4, 0.5) is 5.13 Å². The number of amides is 1. The van der Waals surface area contributed by atoms with Crippen molar-refractivity contribution < 1.29 is 9.53 Å². The molecule has 0 saturated carbocycles. The van der Waals surface area contributed by atoms with E-state index in [1.165, 1.54) is 7.11 Å². The maximum absolute atomic E-state index is 12.0. The first-order valence-corrected chi connectivity index (χ1v) is 6.35. The zero-order chi connectivity index (χ0) is 14.4. The molecule has 20 heavy (non-hydrogen) atoms. The highest BCUT2D eigenvalue weighted by molar-refractivity contribution is 7.09. The van der Waals surface area contributed by atoms with E-state index in [0.29, 0.717) is 22.0 Å². The summed E-state index contributed by atoms with van der Waals surface area (Å²) in [6, 6.07) is 4.94. The molecule has 0 atom stereocenters. The second kappa shape index (κ2) is 6.60. The first-order chi connectivity index (χ1) is 9.74. The zero-order valence-electron chi connectivity index (χ0n) is 10.6. The van der Waals surface area contributed by atoms with Gasteiger partial charge < -0.3 is 10.5 Å². The smallest absolute Gasteiger partial charge is 0.257 e. The van der Waals surface area contributed by atoms with Crippen molar-refractivity contribution in [3.8, 4) is 17.6 Å². The molecule has 0 unspecified atom stereocenters. The normalized spacial score (nSPS) is 9.50. The first-order valence-electron chi connectivity index (χ1n) is 5.58. The van der Waals surface area contributed by atoms with Crippen LogP contribution in [-0.2, 0) is 0 Å². The van der Waals surface area contributed by atoms with Crippen LogP contribution in [0.1, 0.15) is 15.9 Å². The average Bonchev–Trinajstić information content (AvgIpc) is 2.97. The van der Waals surface area contributed by atoms with Gasteiger partial charge in [-0.2, -0.15) is 0 Å². The van der Waals surface area contributed by atoms with Crippen LogP contribution in [0.2, 0.25) is 0 Å². The van der Waals surface area contributed by atoms with Crippen LogP contribution < -0.4 is 15.8 Å². The highest BCUT2D eigenvalue weighted by Gasteiger charge is 2.11. The molecule has 0 spiro atoms. The van der Waals surface area contributed by atoms with Gasteiger partial charge in [-0.15, -0.1) is 0 Å². The maximum atomic E-state index is 12.0. The third-order valence-corrected chi connectivity index (χ3v) is 2.82. The van der Waals surface area contributed by atoms with Crippen molar-refractivity contribution in [1.29, 1.82) is 0 Å². The van der Waals surface area contributed by atoms with Crippen LogP contribution >= 0.6 is 11.5 Å². The van der Waals surface area contributed by atoms with Crippen LogP contribution in [-0.4, -0.2) is 34.4 Å². The van der Waals surface area contributed by atoms with Crippen LogP contribution in [0.25, 0.3) is 0 Å². The van der Waals surface area contributed by atoms with Crippen molar-refractivity contribution in [2.45, 2.75) is 0 Å². The van der Waals surface area contributed by atoms with Gasteiger partial charge in [-0.1, -0.05) is 21.4 Å². The number of nitrogens with one attached hydrogen (secondary N) is 1. The first kappa shape index (κ1) is 13.9. The van der Waals surface area contributed by atoms with Crippen molar-refractivity contribution in [1.82, 2.24) is 14.8 Å². The Morgan fingerprint density at radius 3 is 3.05 bits per heavy atom. The van der Waals surface area contributed by atoms with Gasteiger partial charge in [-0.25, -0.2) is 0 Å². The van der Waals surface area contributed by atoms with E-state index in [9.17, 15) is 4.79 Å². The molecule has 0 aliphatic heterocycles. The van der Waals surface area contributed by atoms with Gasteiger partial charge >= 0.3 is 0 Å². The van der Waals surface area contributed by atoms with E-state index in [4.69, 9.17) is 10.5 Å². The van der Waals surface area contributed by atoms with Gasteiger partial charge in [0.05, 0.1) is 19.2 Å². The van der Waals surface area contributed by atoms with Crippen molar-refractivity contribution in [3.05, 3.63) is 29.3 Å². The molecule has 0 aliphatic carbocycles. The maximum Gasteiger partial charge on any atom is 0.257 e. The van der Waals surface area contributed by atoms with Crippen molar-refractivity contribution in [2.24, 2.45) is 5.73 Å². The van der Waals surface area contributed by atoms with Crippen molar-refractivity contribution >= 4 is 22.6 Å². The number of anilines is 1. The summed E-state index contributed by atoms with van der Waals surface area (Å²) < 4.78 is 8.74. The summed E-state index contributed by atoms with van der Waals surface area (Å²) in [5.74, 6) is 5.85. The molecule has 1 aromatic carbocycles. The number of carbonyl (C=O) groups is 1. The Morgan fingerprint density at radius 2 is 2.40 bits per heavy atom. The molecule has 8 heteroatoms. The summed E-state index contributed by atoms with van der Waals surface area (Å²) in [5.41, 5.74) is 6.37. The monoisotopic (exact) mass is 289 g/mol. The molecule has 102 valence electrons. The van der Waals surface area contributed by atoms with Gasteiger partial charge in [0.15, 0.2) is 0 Å². The van der Waals surface area contributed by atoms with Gasteiger partial charge in [-0.05, 0) is 23.4 Å². The Kier molecular flexibility index (Phi) is 4.60. The van der Waals surface area contributed by atoms with E-state index < -0.39 is 0 Å². The van der Waals surface area contributed by atoms with Crippen LogP contribution in [0, 0.1) is 11.8 Å². The predicted octanol–water partition coefficient (Wildman–Crippen LogP) is 0.504. The quantitative estimate of drug-likeness (QED) is 0.798. The Labute approximate surface area is 119 Å². The lowest BCUT2D eigenvalue weighted by Crippen LogP contribution is -2.12. The van der Waals surface area contributed by atoms with Crippen LogP contribution in [0.15, 0.2) is 18.2 Å². The minimum Gasteiger partial charge on any atom is -0.495 e. The summed E-state index contributed by atoms with van der Waals surface area (Å²) in [6.07, 6.45) is 0. The fourth-order valence-electron chi connectivity index (χ4n) is 1.44. The number of benzene rings is 1. The van der Waals surface area contributed by atoms with Crippen molar-refractivity contribution in [3.63, 3.8) is 0 Å². The Bertz CT molecular complexity index is 660. The average molecular weight is 289 g/mol. The molecule has 0 aliphatic rings. The molecule has 7 nitrogen and oxygen atoms in total. The fourth-order valence-corrected chi connectivity index (χ4v) is 1.81. The van der Waals surface area contributed by atoms with E-state index in [2.05, 4.69) is 32.0 Å². The molecule has 2 aromatic rings. The van der Waals surface area contributed by atoms with Crippen LogP contribution in [0.5, 0.6) is 5.75 Å². The van der Waals surface area contributed by atoms with Crippen molar-refractivity contribution in [2.75, 3.05) is 19.0 Å². The van der Waals surface area contributed by atoms with Gasteiger partial charge in [0.2, 0.25) is 5.13 Å². The summed E-state index contributed by atoms with van der Waals surface area (Å²) in [6.45, 7) is 0.232. The van der Waals surface area contributed by atoms with E-state index in [0.717, 1.165) is 11.5 Å². The lowest BCUT2D eigenvalue weighted by molar-refractivity contribution is 0.102. The number of hydrogen-bond acceptors (Lipinski definition) is 7. The Balaban J connectivity index is 2.26. The number of aromatic nitrogens is 3. The van der Waals surface area contributed by atoms with Crippen LogP contribution in [0.3, 0.4) is 0 Å². The SMILES string of the molecule is COc1ccc(C(=O)Nc2nnns2)cc1C#CCN. The topological polar surface area (TPSA) is 103 Å². The molecular weight excluding hydrogens is 278 g/mol. The van der Waals surface area contributed by atoms with Gasteiger partial charge in [0, 0.05) is 17.1 Å². The van der Waals surface area contributed by atoms with Gasteiger partial charge in [0.1, 0.15) is 5.75 Å². The molecule has 3 N–H and O–H groups in total. The molecule has 0 radical (unpaired) electrons. The highest BCUT2D eigenvalue weighted by Crippen LogP contribution is 2.19. The molecule has 0 fully saturated rings. The summed E-state index contributed by atoms with van der Waals surface area (Å²) >= 11 is 0.998. The number of nitrogens with zero attached hydrogens (tertiary/aromatic N) is 3. The minimum atomic E-state index is -0.318. The predicted molar refractivity (Wildman–Crippen MR) is 74.6 cm³/mol. The summed E-state index contributed by atoms with van der Waals surface area (Å²) in [7, 11) is 1.54. The molecule has 2 rings (SSSR count). The van der Waals surface area contributed by atoms with E-state index >= 15 is 0 Å². The standard InChI is InChI=1S/C12H11N5O2S/c1-19-10-5-4-9(7-8(10)3-2-6-13)11(18)14-12-15-16-17-20-12/h4-5,7H,6,13H2,1H3,(H,14,15,17,18).